The number of pyridine rings is 1. The van der Waals surface area contributed by atoms with Gasteiger partial charge in [-0.25, -0.2) is 9.78 Å². The third kappa shape index (κ3) is 3.32. The fraction of sp³-hybridized carbons (Fsp3) is 0.0588. The van der Waals surface area contributed by atoms with Gasteiger partial charge in [-0.15, -0.1) is 0 Å². The van der Waals surface area contributed by atoms with Gasteiger partial charge in [0.1, 0.15) is 11.6 Å². The number of amides is 2. The van der Waals surface area contributed by atoms with Crippen molar-refractivity contribution < 1.29 is 9.21 Å². The number of nitrogens with one attached hydrogen (secondary N) is 1. The van der Waals surface area contributed by atoms with Gasteiger partial charge in [-0.1, -0.05) is 24.3 Å². The van der Waals surface area contributed by atoms with E-state index in [2.05, 4.69) is 10.3 Å². The molecule has 2 amide bonds. The Morgan fingerprint density at radius 3 is 2.55 bits per heavy atom. The molecule has 22 heavy (non-hydrogen) atoms. The van der Waals surface area contributed by atoms with E-state index in [9.17, 15) is 4.79 Å². The lowest BCUT2D eigenvalue weighted by molar-refractivity contribution is 0.256. The molecule has 0 bridgehead atoms. The number of carbonyl (C=O) groups is 1. The minimum Gasteiger partial charge on any atom is -0.467 e. The van der Waals surface area contributed by atoms with Crippen LogP contribution in [0.3, 0.4) is 0 Å². The fourth-order valence-corrected chi connectivity index (χ4v) is 2.04. The molecule has 3 rings (SSSR count). The van der Waals surface area contributed by atoms with Crippen LogP contribution in [0.15, 0.2) is 77.5 Å². The fourth-order valence-electron chi connectivity index (χ4n) is 2.04. The van der Waals surface area contributed by atoms with Crippen LogP contribution in [0.1, 0.15) is 5.76 Å². The number of urea groups is 1. The van der Waals surface area contributed by atoms with Crippen LogP contribution in [0, 0.1) is 0 Å². The molecule has 0 aliphatic carbocycles. The van der Waals surface area contributed by atoms with E-state index in [0.29, 0.717) is 18.1 Å². The second-order valence-corrected chi connectivity index (χ2v) is 4.65. The average molecular weight is 293 g/mol. The van der Waals surface area contributed by atoms with E-state index in [0.717, 1.165) is 5.69 Å². The Bertz CT molecular complexity index is 712. The summed E-state index contributed by atoms with van der Waals surface area (Å²) in [6.45, 7) is 0.308. The Labute approximate surface area is 128 Å². The van der Waals surface area contributed by atoms with Gasteiger partial charge in [0.25, 0.3) is 0 Å². The van der Waals surface area contributed by atoms with E-state index in [1.807, 2.05) is 48.5 Å². The second kappa shape index (κ2) is 6.58. The first kappa shape index (κ1) is 13.9. The Hall–Kier alpha value is -3.08. The lowest BCUT2D eigenvalue weighted by atomic mass is 10.3. The molecule has 0 aliphatic heterocycles. The normalized spacial score (nSPS) is 10.2. The number of furan rings is 1. The average Bonchev–Trinajstić information content (AvgIpc) is 3.07. The number of benzene rings is 1. The largest absolute Gasteiger partial charge is 0.467 e. The predicted molar refractivity (Wildman–Crippen MR) is 84.6 cm³/mol. The highest BCUT2D eigenvalue weighted by atomic mass is 16.3. The monoisotopic (exact) mass is 293 g/mol. The zero-order valence-electron chi connectivity index (χ0n) is 11.8. The van der Waals surface area contributed by atoms with E-state index in [-0.39, 0.29) is 6.03 Å². The van der Waals surface area contributed by atoms with E-state index in [1.165, 1.54) is 4.90 Å². The van der Waals surface area contributed by atoms with Gasteiger partial charge in [-0.3, -0.25) is 4.90 Å². The lowest BCUT2D eigenvalue weighted by Gasteiger charge is -2.21. The molecule has 5 heteroatoms. The van der Waals surface area contributed by atoms with Crippen molar-refractivity contribution in [3.63, 3.8) is 0 Å². The summed E-state index contributed by atoms with van der Waals surface area (Å²) < 4.78 is 5.34. The topological polar surface area (TPSA) is 58.4 Å². The number of para-hydroxylation sites is 1. The molecule has 0 atom stereocenters. The maximum absolute atomic E-state index is 12.6. The minimum absolute atomic E-state index is 0.263. The molecule has 2 heterocycles. The first-order valence-electron chi connectivity index (χ1n) is 6.90. The van der Waals surface area contributed by atoms with Crippen LogP contribution >= 0.6 is 0 Å². The van der Waals surface area contributed by atoms with Crippen LogP contribution in [-0.2, 0) is 6.54 Å². The molecule has 0 saturated heterocycles. The quantitative estimate of drug-likeness (QED) is 0.793. The van der Waals surface area contributed by atoms with Gasteiger partial charge in [-0.05, 0) is 36.4 Å². The van der Waals surface area contributed by atoms with Crippen molar-refractivity contribution in [1.82, 2.24) is 4.98 Å². The number of hydrogen-bond acceptors (Lipinski definition) is 3. The molecule has 2 aromatic heterocycles. The third-order valence-corrected chi connectivity index (χ3v) is 3.09. The highest BCUT2D eigenvalue weighted by Gasteiger charge is 2.18. The molecule has 3 aromatic rings. The number of rotatable bonds is 4. The van der Waals surface area contributed by atoms with Crippen molar-refractivity contribution in [2.75, 3.05) is 10.2 Å². The van der Waals surface area contributed by atoms with Crippen LogP contribution in [0.4, 0.5) is 16.3 Å². The number of carbonyl (C=O) groups excluding carboxylic acids is 1. The summed E-state index contributed by atoms with van der Waals surface area (Å²) in [5.74, 6) is 1.25. The zero-order chi connectivity index (χ0) is 15.2. The van der Waals surface area contributed by atoms with Crippen LogP contribution in [0.25, 0.3) is 0 Å². The lowest BCUT2D eigenvalue weighted by Crippen LogP contribution is -2.35. The van der Waals surface area contributed by atoms with Crippen molar-refractivity contribution in [1.29, 1.82) is 0 Å². The van der Waals surface area contributed by atoms with Crippen molar-refractivity contribution in [3.05, 3.63) is 78.9 Å². The van der Waals surface area contributed by atoms with Crippen molar-refractivity contribution in [2.45, 2.75) is 6.54 Å². The van der Waals surface area contributed by atoms with Crippen LogP contribution < -0.4 is 10.2 Å². The van der Waals surface area contributed by atoms with Crippen LogP contribution in [0.5, 0.6) is 0 Å². The van der Waals surface area contributed by atoms with Crippen molar-refractivity contribution in [3.8, 4) is 0 Å². The smallest absolute Gasteiger partial charge is 0.327 e. The molecule has 0 unspecified atom stereocenters. The Kier molecular flexibility index (Phi) is 4.15. The highest BCUT2D eigenvalue weighted by Crippen LogP contribution is 2.16. The standard InChI is InChI=1S/C17H15N3O2/c21-17(19-14-7-2-1-3-8-14)20(13-15-9-6-12-22-15)16-10-4-5-11-18-16/h1-12H,13H2,(H,19,21). The number of aromatic nitrogens is 1. The predicted octanol–water partition coefficient (Wildman–Crippen LogP) is 3.91. The van der Waals surface area contributed by atoms with Crippen LogP contribution in [-0.4, -0.2) is 11.0 Å². The van der Waals surface area contributed by atoms with E-state index < -0.39 is 0 Å². The van der Waals surface area contributed by atoms with E-state index >= 15 is 0 Å². The molecule has 0 aliphatic rings. The van der Waals surface area contributed by atoms with Crippen molar-refractivity contribution >= 4 is 17.5 Å². The molecule has 5 nitrogen and oxygen atoms in total. The van der Waals surface area contributed by atoms with Crippen molar-refractivity contribution in [2.24, 2.45) is 0 Å². The minimum atomic E-state index is -0.263. The van der Waals surface area contributed by atoms with Gasteiger partial charge in [0.2, 0.25) is 0 Å². The Morgan fingerprint density at radius 1 is 1.05 bits per heavy atom. The summed E-state index contributed by atoms with van der Waals surface area (Å²) in [4.78, 5) is 18.4. The summed E-state index contributed by atoms with van der Waals surface area (Å²) in [6, 6.07) is 18.1. The molecule has 110 valence electrons. The maximum atomic E-state index is 12.6. The van der Waals surface area contributed by atoms with Gasteiger partial charge in [0, 0.05) is 11.9 Å². The molecule has 0 spiro atoms. The number of nitrogens with zero attached hydrogens (tertiary/aromatic N) is 2. The van der Waals surface area contributed by atoms with Gasteiger partial charge >= 0.3 is 6.03 Å². The molecular weight excluding hydrogens is 278 g/mol. The van der Waals surface area contributed by atoms with Gasteiger partial charge in [-0.2, -0.15) is 0 Å². The summed E-state index contributed by atoms with van der Waals surface area (Å²) in [7, 11) is 0. The molecule has 1 aromatic carbocycles. The van der Waals surface area contributed by atoms with E-state index in [4.69, 9.17) is 4.42 Å². The molecular formula is C17H15N3O2. The SMILES string of the molecule is O=C(Nc1ccccc1)N(Cc1ccco1)c1ccccn1. The first-order valence-corrected chi connectivity index (χ1v) is 6.90. The summed E-state index contributed by atoms with van der Waals surface area (Å²) in [6.07, 6.45) is 3.24. The number of anilines is 2. The van der Waals surface area contributed by atoms with Crippen LogP contribution in [0.2, 0.25) is 0 Å². The van der Waals surface area contributed by atoms with E-state index in [1.54, 1.807) is 24.6 Å². The molecule has 0 fully saturated rings. The third-order valence-electron chi connectivity index (χ3n) is 3.09. The Morgan fingerprint density at radius 2 is 1.86 bits per heavy atom. The second-order valence-electron chi connectivity index (χ2n) is 4.65. The summed E-state index contributed by atoms with van der Waals surface area (Å²) >= 11 is 0. The number of hydrogen-bond donors (Lipinski definition) is 1. The zero-order valence-corrected chi connectivity index (χ0v) is 11.8. The summed E-state index contributed by atoms with van der Waals surface area (Å²) in [5.41, 5.74) is 0.730. The van der Waals surface area contributed by atoms with Gasteiger partial charge in [0.15, 0.2) is 0 Å². The molecule has 1 N–H and O–H groups in total. The van der Waals surface area contributed by atoms with Gasteiger partial charge < -0.3 is 9.73 Å². The first-order chi connectivity index (χ1) is 10.8. The van der Waals surface area contributed by atoms with Gasteiger partial charge in [0.05, 0.1) is 12.8 Å². The molecule has 0 radical (unpaired) electrons. The highest BCUT2D eigenvalue weighted by molar-refractivity contribution is 6.00. The maximum Gasteiger partial charge on any atom is 0.327 e. The molecule has 0 saturated carbocycles. The Balaban J connectivity index is 1.83. The summed E-state index contributed by atoms with van der Waals surface area (Å²) in [5, 5.41) is 2.86.